The molecule has 0 bridgehead atoms. The quantitative estimate of drug-likeness (QED) is 0.863. The number of nitrogens with zero attached hydrogens (tertiary/aromatic N) is 1. The van der Waals surface area contributed by atoms with E-state index in [1.807, 2.05) is 18.4 Å². The van der Waals surface area contributed by atoms with Gasteiger partial charge in [0.25, 0.3) is 10.0 Å². The molecule has 0 unspecified atom stereocenters. The Morgan fingerprint density at radius 3 is 2.48 bits per heavy atom. The van der Waals surface area contributed by atoms with E-state index in [1.54, 1.807) is 48.0 Å². The van der Waals surface area contributed by atoms with Crippen molar-refractivity contribution in [2.75, 3.05) is 22.9 Å². The summed E-state index contributed by atoms with van der Waals surface area (Å²) in [6.07, 6.45) is 2.19. The zero-order chi connectivity index (χ0) is 16.6. The van der Waals surface area contributed by atoms with E-state index in [2.05, 4.69) is 4.72 Å². The fourth-order valence-electron chi connectivity index (χ4n) is 2.49. The first-order valence-electron chi connectivity index (χ1n) is 6.97. The average Bonchev–Trinajstić information content (AvgIpc) is 2.82. The second-order valence-corrected chi connectivity index (χ2v) is 7.82. The number of fused-ring (bicyclic) bond motifs is 1. The number of hydrogen-bond donors (Lipinski definition) is 1. The number of sulfonamides is 1. The number of rotatable bonds is 4. The highest BCUT2D eigenvalue weighted by Gasteiger charge is 2.26. The average molecular weight is 348 g/mol. The zero-order valence-electron chi connectivity index (χ0n) is 12.7. The number of carbonyl (C=O) groups is 1. The molecule has 120 valence electrons. The van der Waals surface area contributed by atoms with Gasteiger partial charge in [-0.3, -0.25) is 9.52 Å². The van der Waals surface area contributed by atoms with Gasteiger partial charge in [-0.15, -0.1) is 11.8 Å². The third-order valence-electron chi connectivity index (χ3n) is 3.78. The molecule has 1 aliphatic rings. The van der Waals surface area contributed by atoms with Crippen LogP contribution in [0.1, 0.15) is 5.56 Å². The second kappa shape index (κ2) is 5.90. The van der Waals surface area contributed by atoms with Crippen molar-refractivity contribution in [3.05, 3.63) is 48.0 Å². The number of hydrogen-bond acceptors (Lipinski definition) is 4. The van der Waals surface area contributed by atoms with Crippen LogP contribution in [0.2, 0.25) is 0 Å². The molecule has 0 fully saturated rings. The minimum Gasteiger partial charge on any atom is -0.315 e. The van der Waals surface area contributed by atoms with Crippen molar-refractivity contribution in [3.63, 3.8) is 0 Å². The maximum Gasteiger partial charge on any atom is 0.261 e. The molecule has 3 rings (SSSR count). The first kappa shape index (κ1) is 15.9. The van der Waals surface area contributed by atoms with Gasteiger partial charge >= 0.3 is 0 Å². The van der Waals surface area contributed by atoms with Crippen molar-refractivity contribution in [3.8, 4) is 0 Å². The lowest BCUT2D eigenvalue weighted by molar-refractivity contribution is -0.117. The summed E-state index contributed by atoms with van der Waals surface area (Å²) in [7, 11) is -1.99. The Bertz CT molecular complexity index is 861. The van der Waals surface area contributed by atoms with Gasteiger partial charge in [-0.25, -0.2) is 8.42 Å². The Morgan fingerprint density at radius 2 is 1.83 bits per heavy atom. The summed E-state index contributed by atoms with van der Waals surface area (Å²) >= 11 is 1.59. The Hall–Kier alpha value is -1.99. The highest BCUT2D eigenvalue weighted by molar-refractivity contribution is 7.98. The molecule has 5 nitrogen and oxygen atoms in total. The van der Waals surface area contributed by atoms with Crippen LogP contribution in [0.4, 0.5) is 11.4 Å². The van der Waals surface area contributed by atoms with Crippen molar-refractivity contribution in [2.45, 2.75) is 16.2 Å². The van der Waals surface area contributed by atoms with Crippen molar-refractivity contribution in [1.82, 2.24) is 0 Å². The molecule has 1 N–H and O–H groups in total. The number of carbonyl (C=O) groups excluding carboxylic acids is 1. The molecule has 0 atom stereocenters. The molecule has 0 aliphatic carbocycles. The number of likely N-dealkylation sites (N-methyl/N-ethyl adjacent to an activating group) is 1. The molecule has 23 heavy (non-hydrogen) atoms. The van der Waals surface area contributed by atoms with Crippen molar-refractivity contribution in [1.29, 1.82) is 0 Å². The van der Waals surface area contributed by atoms with E-state index < -0.39 is 10.0 Å². The molecular weight excluding hydrogens is 332 g/mol. The van der Waals surface area contributed by atoms with Crippen LogP contribution >= 0.6 is 11.8 Å². The summed E-state index contributed by atoms with van der Waals surface area (Å²) in [4.78, 5) is 14.5. The fourth-order valence-corrected chi connectivity index (χ4v) is 4.00. The maximum atomic E-state index is 12.5. The molecule has 7 heteroatoms. The topological polar surface area (TPSA) is 66.5 Å². The normalized spacial score (nSPS) is 14.0. The smallest absolute Gasteiger partial charge is 0.261 e. The number of nitrogens with one attached hydrogen (secondary N) is 1. The molecule has 1 amide bonds. The first-order chi connectivity index (χ1) is 10.9. The Labute approximate surface area is 139 Å². The fraction of sp³-hybridized carbons (Fsp3) is 0.188. The van der Waals surface area contributed by atoms with Crippen molar-refractivity contribution in [2.24, 2.45) is 0 Å². The first-order valence-corrected chi connectivity index (χ1v) is 9.68. The van der Waals surface area contributed by atoms with Gasteiger partial charge in [0.15, 0.2) is 0 Å². The SMILES string of the molecule is CSc1ccc(NS(=O)(=O)c2ccc3c(c2)CC(=O)N3C)cc1. The maximum absolute atomic E-state index is 12.5. The van der Waals surface area contributed by atoms with Gasteiger partial charge in [-0.1, -0.05) is 0 Å². The van der Waals surface area contributed by atoms with Crippen LogP contribution in [0.3, 0.4) is 0 Å². The van der Waals surface area contributed by atoms with Gasteiger partial charge in [0.1, 0.15) is 0 Å². The van der Waals surface area contributed by atoms with Crippen LogP contribution < -0.4 is 9.62 Å². The monoisotopic (exact) mass is 348 g/mol. The summed E-state index contributed by atoms with van der Waals surface area (Å²) in [5.74, 6) is -0.0323. The Morgan fingerprint density at radius 1 is 1.13 bits per heavy atom. The molecule has 2 aromatic rings. The number of benzene rings is 2. The summed E-state index contributed by atoms with van der Waals surface area (Å²) in [6.45, 7) is 0. The Balaban J connectivity index is 1.88. The highest BCUT2D eigenvalue weighted by atomic mass is 32.2. The number of thioether (sulfide) groups is 1. The van der Waals surface area contributed by atoms with Crippen LogP contribution in [0, 0.1) is 0 Å². The lowest BCUT2D eigenvalue weighted by Crippen LogP contribution is -2.20. The van der Waals surface area contributed by atoms with Crippen LogP contribution in [0.15, 0.2) is 52.3 Å². The van der Waals surface area contributed by atoms with Crippen LogP contribution in [-0.2, 0) is 21.2 Å². The van der Waals surface area contributed by atoms with Crippen molar-refractivity contribution < 1.29 is 13.2 Å². The van der Waals surface area contributed by atoms with E-state index in [-0.39, 0.29) is 17.2 Å². The van der Waals surface area contributed by atoms with Crippen LogP contribution in [0.25, 0.3) is 0 Å². The second-order valence-electron chi connectivity index (χ2n) is 5.25. The molecule has 0 saturated carbocycles. The summed E-state index contributed by atoms with van der Waals surface area (Å²) in [6, 6.07) is 11.9. The van der Waals surface area contributed by atoms with E-state index in [0.29, 0.717) is 5.69 Å². The predicted octanol–water partition coefficient (Wildman–Crippen LogP) is 2.73. The predicted molar refractivity (Wildman–Crippen MR) is 92.6 cm³/mol. The van der Waals surface area contributed by atoms with Crippen LogP contribution in [-0.4, -0.2) is 27.6 Å². The number of anilines is 2. The molecule has 2 aromatic carbocycles. The molecule has 0 radical (unpaired) electrons. The van der Waals surface area contributed by atoms with E-state index in [0.717, 1.165) is 16.1 Å². The van der Waals surface area contributed by atoms with E-state index >= 15 is 0 Å². The van der Waals surface area contributed by atoms with E-state index in [9.17, 15) is 13.2 Å². The lowest BCUT2D eigenvalue weighted by atomic mass is 10.2. The minimum absolute atomic E-state index is 0.0323. The molecule has 0 aromatic heterocycles. The molecule has 1 heterocycles. The largest absolute Gasteiger partial charge is 0.315 e. The third kappa shape index (κ3) is 3.07. The highest BCUT2D eigenvalue weighted by Crippen LogP contribution is 2.30. The van der Waals surface area contributed by atoms with Crippen molar-refractivity contribution >= 4 is 39.1 Å². The molecular formula is C16H16N2O3S2. The zero-order valence-corrected chi connectivity index (χ0v) is 14.4. The molecule has 0 saturated heterocycles. The van der Waals surface area contributed by atoms with Gasteiger partial charge in [0, 0.05) is 23.3 Å². The van der Waals surface area contributed by atoms with Gasteiger partial charge in [-0.2, -0.15) is 0 Å². The van der Waals surface area contributed by atoms with Gasteiger partial charge in [0.2, 0.25) is 5.91 Å². The van der Waals surface area contributed by atoms with Gasteiger partial charge in [0.05, 0.1) is 11.3 Å². The van der Waals surface area contributed by atoms with Crippen LogP contribution in [0.5, 0.6) is 0 Å². The molecule has 0 spiro atoms. The van der Waals surface area contributed by atoms with E-state index in [1.165, 1.54) is 6.07 Å². The lowest BCUT2D eigenvalue weighted by Gasteiger charge is -2.12. The van der Waals surface area contributed by atoms with Gasteiger partial charge < -0.3 is 4.90 Å². The third-order valence-corrected chi connectivity index (χ3v) is 5.90. The summed E-state index contributed by atoms with van der Waals surface area (Å²) in [5.41, 5.74) is 2.01. The summed E-state index contributed by atoms with van der Waals surface area (Å²) in [5, 5.41) is 0. The van der Waals surface area contributed by atoms with Gasteiger partial charge in [-0.05, 0) is 54.3 Å². The van der Waals surface area contributed by atoms with E-state index in [4.69, 9.17) is 0 Å². The Kier molecular flexibility index (Phi) is 4.08. The standard InChI is InChI=1S/C16H16N2O3S2/c1-18-15-8-7-14(9-11(15)10-16(18)19)23(20,21)17-12-3-5-13(22-2)6-4-12/h3-9,17H,10H2,1-2H3. The minimum atomic E-state index is -3.68. The summed E-state index contributed by atoms with van der Waals surface area (Å²) < 4.78 is 27.6. The molecule has 1 aliphatic heterocycles. The number of amides is 1.